The van der Waals surface area contributed by atoms with E-state index >= 15 is 0 Å². The third kappa shape index (κ3) is 5.00. The first kappa shape index (κ1) is 19.7. The van der Waals surface area contributed by atoms with Gasteiger partial charge in [0.15, 0.2) is 0 Å². The van der Waals surface area contributed by atoms with E-state index in [1.54, 1.807) is 36.1 Å². The molecular weight excluding hydrogens is 356 g/mol. The highest BCUT2D eigenvalue weighted by Crippen LogP contribution is 2.13. The van der Waals surface area contributed by atoms with Crippen LogP contribution in [0.4, 0.5) is 5.82 Å². The number of ether oxygens (including phenoxy) is 1. The molecule has 0 saturated carbocycles. The first-order chi connectivity index (χ1) is 13.6. The Bertz CT molecular complexity index is 797. The Morgan fingerprint density at radius 3 is 2.29 bits per heavy atom. The number of hydrogen-bond acceptors (Lipinski definition) is 5. The molecule has 1 aromatic heterocycles. The van der Waals surface area contributed by atoms with Gasteiger partial charge in [-0.25, -0.2) is 4.98 Å². The zero-order valence-electron chi connectivity index (χ0n) is 16.4. The molecule has 0 bridgehead atoms. The van der Waals surface area contributed by atoms with Gasteiger partial charge in [-0.2, -0.15) is 0 Å². The maximum atomic E-state index is 12.6. The molecule has 0 aliphatic carbocycles. The minimum absolute atomic E-state index is 0.0412. The number of amides is 2. The number of aromatic nitrogens is 1. The van der Waals surface area contributed by atoms with E-state index < -0.39 is 0 Å². The summed E-state index contributed by atoms with van der Waals surface area (Å²) >= 11 is 0. The number of piperazine rings is 1. The lowest BCUT2D eigenvalue weighted by molar-refractivity contribution is -0.130. The molecule has 0 radical (unpaired) electrons. The molecule has 1 aliphatic rings. The molecule has 1 N–H and O–H groups in total. The smallest absolute Gasteiger partial charge is 0.255 e. The molecule has 2 aromatic rings. The van der Waals surface area contributed by atoms with E-state index in [4.69, 9.17) is 4.74 Å². The van der Waals surface area contributed by atoms with Crippen molar-refractivity contribution >= 4 is 17.6 Å². The first-order valence-electron chi connectivity index (χ1n) is 9.44. The standard InChI is InChI=1S/C21H26N4O3/c1-16(26)24-11-13-25(14-12-24)21(27)18-5-8-20(23-15-18)22-10-9-17-3-6-19(28-2)7-4-17/h3-8,15H,9-14H2,1-2H3,(H,22,23). The van der Waals surface area contributed by atoms with Crippen molar-refractivity contribution in [3.63, 3.8) is 0 Å². The molecule has 1 fully saturated rings. The molecule has 0 unspecified atom stereocenters. The van der Waals surface area contributed by atoms with Gasteiger partial charge in [-0.1, -0.05) is 12.1 Å². The summed E-state index contributed by atoms with van der Waals surface area (Å²) in [6.07, 6.45) is 2.47. The Kier molecular flexibility index (Phi) is 6.47. The third-order valence-electron chi connectivity index (χ3n) is 4.90. The van der Waals surface area contributed by atoms with Crippen LogP contribution in [0.25, 0.3) is 0 Å². The minimum Gasteiger partial charge on any atom is -0.497 e. The monoisotopic (exact) mass is 382 g/mol. The second-order valence-corrected chi connectivity index (χ2v) is 6.76. The first-order valence-corrected chi connectivity index (χ1v) is 9.44. The molecular formula is C21H26N4O3. The number of carbonyl (C=O) groups excluding carboxylic acids is 2. The summed E-state index contributed by atoms with van der Waals surface area (Å²) in [5, 5.41) is 3.27. The van der Waals surface area contributed by atoms with Gasteiger partial charge in [0.2, 0.25) is 5.91 Å². The lowest BCUT2D eigenvalue weighted by Gasteiger charge is -2.34. The molecule has 0 spiro atoms. The van der Waals surface area contributed by atoms with Crippen molar-refractivity contribution in [3.8, 4) is 5.75 Å². The Morgan fingerprint density at radius 1 is 1.04 bits per heavy atom. The largest absolute Gasteiger partial charge is 0.497 e. The van der Waals surface area contributed by atoms with Crippen LogP contribution in [-0.2, 0) is 11.2 Å². The lowest BCUT2D eigenvalue weighted by atomic mass is 10.1. The second-order valence-electron chi connectivity index (χ2n) is 6.76. The Balaban J connectivity index is 1.47. The van der Waals surface area contributed by atoms with Gasteiger partial charge in [0.25, 0.3) is 5.91 Å². The van der Waals surface area contributed by atoms with Gasteiger partial charge in [0, 0.05) is 45.8 Å². The average Bonchev–Trinajstić information content (AvgIpc) is 2.74. The average molecular weight is 382 g/mol. The number of nitrogens with one attached hydrogen (secondary N) is 1. The fraction of sp³-hybridized carbons (Fsp3) is 0.381. The van der Waals surface area contributed by atoms with Crippen LogP contribution in [0.3, 0.4) is 0 Å². The predicted molar refractivity (Wildman–Crippen MR) is 108 cm³/mol. The van der Waals surface area contributed by atoms with Crippen molar-refractivity contribution in [1.29, 1.82) is 0 Å². The highest BCUT2D eigenvalue weighted by atomic mass is 16.5. The van der Waals surface area contributed by atoms with Crippen LogP contribution in [0.2, 0.25) is 0 Å². The fourth-order valence-corrected chi connectivity index (χ4v) is 3.16. The molecule has 3 rings (SSSR count). The van der Waals surface area contributed by atoms with Crippen molar-refractivity contribution in [2.24, 2.45) is 0 Å². The SMILES string of the molecule is COc1ccc(CCNc2ccc(C(=O)N3CCN(C(C)=O)CC3)cn2)cc1. The second kappa shape index (κ2) is 9.21. The molecule has 148 valence electrons. The van der Waals surface area contributed by atoms with E-state index in [2.05, 4.69) is 10.3 Å². The highest BCUT2D eigenvalue weighted by Gasteiger charge is 2.23. The maximum Gasteiger partial charge on any atom is 0.255 e. The van der Waals surface area contributed by atoms with E-state index in [-0.39, 0.29) is 11.8 Å². The van der Waals surface area contributed by atoms with Crippen molar-refractivity contribution in [2.75, 3.05) is 45.2 Å². The summed E-state index contributed by atoms with van der Waals surface area (Å²) in [4.78, 5) is 31.9. The number of methoxy groups -OCH3 is 1. The van der Waals surface area contributed by atoms with Crippen molar-refractivity contribution in [1.82, 2.24) is 14.8 Å². The quantitative estimate of drug-likeness (QED) is 0.828. The number of anilines is 1. The summed E-state index contributed by atoms with van der Waals surface area (Å²) in [7, 11) is 1.66. The number of hydrogen-bond donors (Lipinski definition) is 1. The van der Waals surface area contributed by atoms with Gasteiger partial charge in [-0.15, -0.1) is 0 Å². The van der Waals surface area contributed by atoms with Gasteiger partial charge >= 0.3 is 0 Å². The van der Waals surface area contributed by atoms with Crippen molar-refractivity contribution in [3.05, 3.63) is 53.7 Å². The van der Waals surface area contributed by atoms with E-state index in [1.165, 1.54) is 5.56 Å². The minimum atomic E-state index is -0.0412. The van der Waals surface area contributed by atoms with Crippen LogP contribution in [0.15, 0.2) is 42.6 Å². The van der Waals surface area contributed by atoms with E-state index in [1.807, 2.05) is 30.3 Å². The zero-order chi connectivity index (χ0) is 19.9. The van der Waals surface area contributed by atoms with Gasteiger partial charge in [-0.3, -0.25) is 9.59 Å². The molecule has 2 heterocycles. The van der Waals surface area contributed by atoms with Crippen LogP contribution in [0.5, 0.6) is 5.75 Å². The van der Waals surface area contributed by atoms with E-state index in [0.29, 0.717) is 31.7 Å². The van der Waals surface area contributed by atoms with Crippen LogP contribution in [0.1, 0.15) is 22.8 Å². The Labute approximate surface area is 165 Å². The topological polar surface area (TPSA) is 74.8 Å². The third-order valence-corrected chi connectivity index (χ3v) is 4.90. The molecule has 7 heteroatoms. The summed E-state index contributed by atoms with van der Waals surface area (Å²) in [5.41, 5.74) is 1.78. The number of benzene rings is 1. The zero-order valence-corrected chi connectivity index (χ0v) is 16.4. The predicted octanol–water partition coefficient (Wildman–Crippen LogP) is 2.05. The summed E-state index contributed by atoms with van der Waals surface area (Å²) < 4.78 is 5.16. The van der Waals surface area contributed by atoms with E-state index in [9.17, 15) is 9.59 Å². The fourth-order valence-electron chi connectivity index (χ4n) is 3.16. The molecule has 7 nitrogen and oxygen atoms in total. The summed E-state index contributed by atoms with van der Waals surface area (Å²) in [6, 6.07) is 11.6. The normalized spacial score (nSPS) is 13.9. The maximum absolute atomic E-state index is 12.6. The van der Waals surface area contributed by atoms with Gasteiger partial charge in [-0.05, 0) is 36.2 Å². The van der Waals surface area contributed by atoms with Crippen molar-refractivity contribution in [2.45, 2.75) is 13.3 Å². The summed E-state index contributed by atoms with van der Waals surface area (Å²) in [5.74, 6) is 1.60. The van der Waals surface area contributed by atoms with Gasteiger partial charge in [0.05, 0.1) is 12.7 Å². The Morgan fingerprint density at radius 2 is 1.71 bits per heavy atom. The molecule has 1 aromatic carbocycles. The number of pyridine rings is 1. The van der Waals surface area contributed by atoms with Gasteiger partial charge < -0.3 is 19.9 Å². The van der Waals surface area contributed by atoms with E-state index in [0.717, 1.165) is 24.5 Å². The summed E-state index contributed by atoms with van der Waals surface area (Å²) in [6.45, 7) is 4.58. The lowest BCUT2D eigenvalue weighted by Crippen LogP contribution is -2.50. The Hall–Kier alpha value is -3.09. The number of rotatable bonds is 6. The number of carbonyl (C=O) groups is 2. The highest BCUT2D eigenvalue weighted by molar-refractivity contribution is 5.94. The molecule has 28 heavy (non-hydrogen) atoms. The molecule has 1 saturated heterocycles. The van der Waals surface area contributed by atoms with Crippen LogP contribution in [0, 0.1) is 0 Å². The van der Waals surface area contributed by atoms with Gasteiger partial charge in [0.1, 0.15) is 11.6 Å². The van der Waals surface area contributed by atoms with Crippen LogP contribution < -0.4 is 10.1 Å². The molecule has 2 amide bonds. The molecule has 0 atom stereocenters. The van der Waals surface area contributed by atoms with Crippen LogP contribution in [-0.4, -0.2) is 66.4 Å². The number of nitrogens with zero attached hydrogens (tertiary/aromatic N) is 3. The van der Waals surface area contributed by atoms with Crippen LogP contribution >= 0.6 is 0 Å². The van der Waals surface area contributed by atoms with Crippen molar-refractivity contribution < 1.29 is 14.3 Å². The molecule has 1 aliphatic heterocycles.